The second kappa shape index (κ2) is 9.65. The van der Waals surface area contributed by atoms with E-state index in [1.807, 2.05) is 30.3 Å². The summed E-state index contributed by atoms with van der Waals surface area (Å²) in [6, 6.07) is 18.0. The maximum Gasteiger partial charge on any atom is 0.255 e. The first-order valence-electron chi connectivity index (χ1n) is 11.5. The lowest BCUT2D eigenvalue weighted by molar-refractivity contribution is -0.127. The topological polar surface area (TPSA) is 52.7 Å². The zero-order valence-corrected chi connectivity index (χ0v) is 18.6. The van der Waals surface area contributed by atoms with Gasteiger partial charge in [0.05, 0.1) is 0 Å². The van der Waals surface area contributed by atoms with Gasteiger partial charge in [0.1, 0.15) is 6.04 Å². The zero-order valence-electron chi connectivity index (χ0n) is 18.6. The van der Waals surface area contributed by atoms with E-state index < -0.39 is 6.04 Å². The molecule has 4 rings (SSSR count). The van der Waals surface area contributed by atoms with Crippen molar-refractivity contribution in [3.63, 3.8) is 0 Å². The van der Waals surface area contributed by atoms with Gasteiger partial charge in [0.2, 0.25) is 5.91 Å². The molecule has 0 saturated carbocycles. The van der Waals surface area contributed by atoms with Crippen LogP contribution in [-0.2, 0) is 17.9 Å². The van der Waals surface area contributed by atoms with Crippen LogP contribution in [0.2, 0.25) is 0 Å². The van der Waals surface area contributed by atoms with Crippen molar-refractivity contribution >= 4 is 11.8 Å². The molecule has 1 atom stereocenters. The van der Waals surface area contributed by atoms with Gasteiger partial charge in [-0.3, -0.25) is 14.5 Å². The van der Waals surface area contributed by atoms with Gasteiger partial charge in [-0.2, -0.15) is 0 Å². The van der Waals surface area contributed by atoms with Crippen LogP contribution in [0, 0.1) is 5.92 Å². The van der Waals surface area contributed by atoms with Crippen molar-refractivity contribution in [2.45, 2.75) is 58.3 Å². The van der Waals surface area contributed by atoms with E-state index in [4.69, 9.17) is 0 Å². The maximum absolute atomic E-state index is 13.3. The molecule has 0 aliphatic carbocycles. The normalized spacial score (nSPS) is 18.3. The molecule has 0 unspecified atom stereocenters. The van der Waals surface area contributed by atoms with Crippen LogP contribution < -0.4 is 5.32 Å². The number of hydrogen-bond acceptors (Lipinski definition) is 3. The molecule has 2 aliphatic heterocycles. The van der Waals surface area contributed by atoms with E-state index in [0.717, 1.165) is 43.6 Å². The Morgan fingerprint density at radius 1 is 1.03 bits per heavy atom. The number of benzene rings is 2. The number of carbonyl (C=O) groups excluding carboxylic acids is 2. The maximum atomic E-state index is 13.3. The summed E-state index contributed by atoms with van der Waals surface area (Å²) in [7, 11) is 0. The van der Waals surface area contributed by atoms with Crippen molar-refractivity contribution in [3.05, 3.63) is 71.3 Å². The lowest BCUT2D eigenvalue weighted by atomic mass is 9.99. The molecule has 31 heavy (non-hydrogen) atoms. The highest BCUT2D eigenvalue weighted by atomic mass is 16.2. The Bertz CT molecular complexity index is 904. The molecule has 2 aromatic rings. The molecule has 0 spiro atoms. The summed E-state index contributed by atoms with van der Waals surface area (Å²) >= 11 is 0. The van der Waals surface area contributed by atoms with Crippen LogP contribution in [0.25, 0.3) is 0 Å². The van der Waals surface area contributed by atoms with Gasteiger partial charge in [0, 0.05) is 37.8 Å². The summed E-state index contributed by atoms with van der Waals surface area (Å²) in [6.45, 7) is 7.64. The van der Waals surface area contributed by atoms with E-state index in [-0.39, 0.29) is 17.9 Å². The van der Waals surface area contributed by atoms with Gasteiger partial charge in [0.15, 0.2) is 0 Å². The summed E-state index contributed by atoms with van der Waals surface area (Å²) in [4.78, 5) is 30.5. The first-order chi connectivity index (χ1) is 15.0. The molecule has 1 N–H and O–H groups in total. The van der Waals surface area contributed by atoms with Crippen LogP contribution >= 0.6 is 0 Å². The van der Waals surface area contributed by atoms with Crippen LogP contribution in [-0.4, -0.2) is 46.8 Å². The van der Waals surface area contributed by atoms with Crippen molar-refractivity contribution < 1.29 is 9.59 Å². The highest BCUT2D eigenvalue weighted by Gasteiger charge is 2.37. The van der Waals surface area contributed by atoms with Crippen LogP contribution in [0.3, 0.4) is 0 Å². The third kappa shape index (κ3) is 5.16. The molecular formula is C26H33N3O2. The molecule has 2 aromatic carbocycles. The molecule has 2 aliphatic rings. The first kappa shape index (κ1) is 21.6. The second-order valence-electron chi connectivity index (χ2n) is 9.28. The summed E-state index contributed by atoms with van der Waals surface area (Å²) in [5.41, 5.74) is 3.08. The van der Waals surface area contributed by atoms with Crippen molar-refractivity contribution in [3.8, 4) is 0 Å². The third-order valence-electron chi connectivity index (χ3n) is 6.41. The number of carbonyl (C=O) groups is 2. The number of likely N-dealkylation sites (tertiary alicyclic amines) is 1. The third-order valence-corrected chi connectivity index (χ3v) is 6.41. The van der Waals surface area contributed by atoms with Gasteiger partial charge in [-0.1, -0.05) is 62.4 Å². The fraction of sp³-hybridized carbons (Fsp3) is 0.462. The van der Waals surface area contributed by atoms with Crippen molar-refractivity contribution in [2.75, 3.05) is 13.1 Å². The Labute approximate surface area is 185 Å². The highest BCUT2D eigenvalue weighted by Crippen LogP contribution is 2.27. The smallest absolute Gasteiger partial charge is 0.255 e. The van der Waals surface area contributed by atoms with E-state index in [1.165, 1.54) is 5.56 Å². The van der Waals surface area contributed by atoms with Gasteiger partial charge in [-0.15, -0.1) is 0 Å². The quantitative estimate of drug-likeness (QED) is 0.742. The Kier molecular flexibility index (Phi) is 6.71. The van der Waals surface area contributed by atoms with Crippen molar-refractivity contribution in [1.29, 1.82) is 0 Å². The molecule has 5 heteroatoms. The minimum absolute atomic E-state index is 0.00337. The van der Waals surface area contributed by atoms with E-state index in [1.54, 1.807) is 4.90 Å². The van der Waals surface area contributed by atoms with Gasteiger partial charge >= 0.3 is 0 Å². The fourth-order valence-corrected chi connectivity index (χ4v) is 4.73. The predicted molar refractivity (Wildman–Crippen MR) is 122 cm³/mol. The molecule has 2 heterocycles. The molecule has 5 nitrogen and oxygen atoms in total. The Morgan fingerprint density at radius 2 is 1.71 bits per heavy atom. The van der Waals surface area contributed by atoms with Crippen LogP contribution in [0.1, 0.15) is 54.6 Å². The molecule has 0 radical (unpaired) electrons. The molecule has 2 amide bonds. The van der Waals surface area contributed by atoms with E-state index in [0.29, 0.717) is 18.9 Å². The number of hydrogen-bond donors (Lipinski definition) is 1. The first-order valence-corrected chi connectivity index (χ1v) is 11.5. The van der Waals surface area contributed by atoms with Gasteiger partial charge in [0.25, 0.3) is 5.91 Å². The monoisotopic (exact) mass is 419 g/mol. The summed E-state index contributed by atoms with van der Waals surface area (Å²) in [5.74, 6) is 0.311. The van der Waals surface area contributed by atoms with Crippen LogP contribution in [0.5, 0.6) is 0 Å². The molecule has 1 saturated heterocycles. The Hall–Kier alpha value is -2.66. The highest BCUT2D eigenvalue weighted by molar-refractivity contribution is 6.01. The Morgan fingerprint density at radius 3 is 2.39 bits per heavy atom. The average molecular weight is 420 g/mol. The standard InChI is InChI=1S/C26H33N3O2/c1-19(2)16-24(29-18-21-10-6-7-11-23(21)26(29)31)25(30)27-22-12-14-28(15-13-22)17-20-8-4-3-5-9-20/h3-11,19,22,24H,12-18H2,1-2H3,(H,27,30)/t24-/m1/s1. The lowest BCUT2D eigenvalue weighted by Gasteiger charge is -2.34. The van der Waals surface area contributed by atoms with Crippen molar-refractivity contribution in [2.24, 2.45) is 5.92 Å². The number of fused-ring (bicyclic) bond motifs is 1. The SMILES string of the molecule is CC(C)C[C@H](C(=O)NC1CCN(Cc2ccccc2)CC1)N1Cc2ccccc2C1=O. The number of nitrogens with zero attached hydrogens (tertiary/aromatic N) is 2. The Balaban J connectivity index is 1.35. The summed E-state index contributed by atoms with van der Waals surface area (Å²) in [6.07, 6.45) is 2.57. The summed E-state index contributed by atoms with van der Waals surface area (Å²) in [5, 5.41) is 3.27. The van der Waals surface area contributed by atoms with Crippen LogP contribution in [0.15, 0.2) is 54.6 Å². The van der Waals surface area contributed by atoms with Gasteiger partial charge in [-0.05, 0) is 42.4 Å². The predicted octanol–water partition coefficient (Wildman–Crippen LogP) is 3.84. The second-order valence-corrected chi connectivity index (χ2v) is 9.28. The minimum Gasteiger partial charge on any atom is -0.351 e. The largest absolute Gasteiger partial charge is 0.351 e. The fourth-order valence-electron chi connectivity index (χ4n) is 4.73. The van der Waals surface area contributed by atoms with Gasteiger partial charge in [-0.25, -0.2) is 0 Å². The van der Waals surface area contributed by atoms with E-state index in [9.17, 15) is 9.59 Å². The van der Waals surface area contributed by atoms with E-state index >= 15 is 0 Å². The van der Waals surface area contributed by atoms with Crippen LogP contribution in [0.4, 0.5) is 0 Å². The molecular weight excluding hydrogens is 386 g/mol. The molecule has 0 bridgehead atoms. The number of amides is 2. The minimum atomic E-state index is -0.415. The zero-order chi connectivity index (χ0) is 21.8. The van der Waals surface area contributed by atoms with E-state index in [2.05, 4.69) is 48.3 Å². The molecule has 1 fully saturated rings. The number of piperidine rings is 1. The number of nitrogens with one attached hydrogen (secondary N) is 1. The molecule has 0 aromatic heterocycles. The number of rotatable bonds is 7. The average Bonchev–Trinajstić information content (AvgIpc) is 3.10. The van der Waals surface area contributed by atoms with Gasteiger partial charge < -0.3 is 10.2 Å². The molecule has 164 valence electrons. The lowest BCUT2D eigenvalue weighted by Crippen LogP contribution is -2.52. The van der Waals surface area contributed by atoms with Crippen molar-refractivity contribution in [1.82, 2.24) is 15.1 Å². The summed E-state index contributed by atoms with van der Waals surface area (Å²) < 4.78 is 0.